The molecule has 0 N–H and O–H groups in total. The Hall–Kier alpha value is -3.74. The summed E-state index contributed by atoms with van der Waals surface area (Å²) in [5.41, 5.74) is 0.890. The first-order valence-corrected chi connectivity index (χ1v) is 14.8. The summed E-state index contributed by atoms with van der Waals surface area (Å²) in [5, 5.41) is 0. The lowest BCUT2D eigenvalue weighted by Gasteiger charge is -2.28. The van der Waals surface area contributed by atoms with E-state index in [1.807, 2.05) is 12.1 Å². The predicted octanol–water partition coefficient (Wildman–Crippen LogP) is 11.3. The SMILES string of the molecule is CCCC1CCC(c2ccc(-c3ccc(-c4cc(F)c(C(F)(F)Oc5ccc(CC)c(F)c5)c(F)c4)c(F)c3)cc2)CC1. The van der Waals surface area contributed by atoms with Crippen LogP contribution in [0, 0.1) is 29.2 Å². The first kappa shape index (κ1) is 30.7. The molecule has 1 aliphatic rings. The van der Waals surface area contributed by atoms with E-state index in [9.17, 15) is 22.0 Å². The van der Waals surface area contributed by atoms with E-state index in [0.717, 1.165) is 23.6 Å². The Labute approximate surface area is 248 Å². The summed E-state index contributed by atoms with van der Waals surface area (Å²) < 4.78 is 93.2. The van der Waals surface area contributed by atoms with Crippen LogP contribution in [0.5, 0.6) is 5.75 Å². The fourth-order valence-electron chi connectivity index (χ4n) is 6.15. The highest BCUT2D eigenvalue weighted by Gasteiger charge is 2.41. The van der Waals surface area contributed by atoms with Crippen molar-refractivity contribution in [1.29, 1.82) is 0 Å². The molecule has 5 rings (SSSR count). The maximum absolute atomic E-state index is 15.2. The van der Waals surface area contributed by atoms with E-state index in [4.69, 9.17) is 0 Å². The zero-order valence-corrected chi connectivity index (χ0v) is 24.2. The summed E-state index contributed by atoms with van der Waals surface area (Å²) in [6.07, 6.45) is 3.21. The van der Waals surface area contributed by atoms with Gasteiger partial charge in [0.15, 0.2) is 0 Å². The molecule has 4 aromatic rings. The maximum Gasteiger partial charge on any atom is 0.432 e. The van der Waals surface area contributed by atoms with Gasteiger partial charge in [0.05, 0.1) is 0 Å². The Morgan fingerprint density at radius 2 is 1.30 bits per heavy atom. The molecular weight excluding hydrogens is 562 g/mol. The average Bonchev–Trinajstić information content (AvgIpc) is 2.97. The van der Waals surface area contributed by atoms with Gasteiger partial charge in [-0.15, -0.1) is 0 Å². The minimum Gasteiger partial charge on any atom is -0.429 e. The second-order valence-electron chi connectivity index (χ2n) is 11.4. The van der Waals surface area contributed by atoms with Crippen LogP contribution in [0.4, 0.5) is 26.3 Å². The molecule has 0 unspecified atom stereocenters. The van der Waals surface area contributed by atoms with Crippen LogP contribution in [0.25, 0.3) is 22.3 Å². The summed E-state index contributed by atoms with van der Waals surface area (Å²) in [6.45, 7) is 3.91. The van der Waals surface area contributed by atoms with E-state index in [1.165, 1.54) is 62.3 Å². The summed E-state index contributed by atoms with van der Waals surface area (Å²) in [5.74, 6) is -4.00. The van der Waals surface area contributed by atoms with Crippen LogP contribution >= 0.6 is 0 Å². The Kier molecular flexibility index (Phi) is 9.19. The number of halogens is 6. The summed E-state index contributed by atoms with van der Waals surface area (Å²) in [4.78, 5) is 0. The number of alkyl halides is 2. The van der Waals surface area contributed by atoms with Crippen LogP contribution < -0.4 is 4.74 Å². The van der Waals surface area contributed by atoms with E-state index in [2.05, 4.69) is 23.8 Å². The molecule has 0 radical (unpaired) electrons. The van der Waals surface area contributed by atoms with E-state index in [-0.39, 0.29) is 16.7 Å². The van der Waals surface area contributed by atoms with Crippen molar-refractivity contribution in [3.05, 3.63) is 113 Å². The van der Waals surface area contributed by atoms with Gasteiger partial charge in [-0.1, -0.05) is 69.2 Å². The highest BCUT2D eigenvalue weighted by Crippen LogP contribution is 2.40. The zero-order chi connectivity index (χ0) is 30.7. The van der Waals surface area contributed by atoms with Crippen LogP contribution in [0.2, 0.25) is 0 Å². The van der Waals surface area contributed by atoms with Gasteiger partial charge in [0, 0.05) is 11.6 Å². The van der Waals surface area contributed by atoms with Gasteiger partial charge < -0.3 is 4.74 Å². The van der Waals surface area contributed by atoms with Gasteiger partial charge in [0.1, 0.15) is 34.6 Å². The van der Waals surface area contributed by atoms with Crippen molar-refractivity contribution >= 4 is 0 Å². The summed E-state index contributed by atoms with van der Waals surface area (Å²) in [7, 11) is 0. The molecule has 0 spiro atoms. The van der Waals surface area contributed by atoms with Gasteiger partial charge in [-0.25, -0.2) is 17.6 Å². The molecular formula is C36H34F6O. The molecule has 7 heteroatoms. The van der Waals surface area contributed by atoms with Gasteiger partial charge in [0.25, 0.3) is 0 Å². The third-order valence-corrected chi connectivity index (χ3v) is 8.52. The molecule has 1 saturated carbocycles. The number of hydrogen-bond acceptors (Lipinski definition) is 1. The highest BCUT2D eigenvalue weighted by molar-refractivity contribution is 5.71. The normalized spacial score (nSPS) is 17.2. The summed E-state index contributed by atoms with van der Waals surface area (Å²) in [6, 6.07) is 16.7. The Balaban J connectivity index is 1.33. The molecule has 226 valence electrons. The van der Waals surface area contributed by atoms with Gasteiger partial charge in [-0.2, -0.15) is 8.78 Å². The van der Waals surface area contributed by atoms with E-state index in [1.54, 1.807) is 13.0 Å². The molecule has 0 aliphatic heterocycles. The molecule has 0 bridgehead atoms. The van der Waals surface area contributed by atoms with Crippen molar-refractivity contribution in [1.82, 2.24) is 0 Å². The van der Waals surface area contributed by atoms with Crippen LogP contribution in [0.1, 0.15) is 75.0 Å². The minimum absolute atomic E-state index is 0.144. The van der Waals surface area contributed by atoms with Gasteiger partial charge in [0.2, 0.25) is 0 Å². The van der Waals surface area contributed by atoms with E-state index >= 15 is 4.39 Å². The molecule has 1 aliphatic carbocycles. The number of hydrogen-bond donors (Lipinski definition) is 0. The number of benzene rings is 4. The smallest absolute Gasteiger partial charge is 0.429 e. The Morgan fingerprint density at radius 3 is 1.88 bits per heavy atom. The van der Waals surface area contributed by atoms with Gasteiger partial charge in [-0.05, 0) is 96.0 Å². The first-order chi connectivity index (χ1) is 20.6. The molecule has 4 aromatic carbocycles. The lowest BCUT2D eigenvalue weighted by molar-refractivity contribution is -0.189. The monoisotopic (exact) mass is 596 g/mol. The Morgan fingerprint density at radius 1 is 0.674 bits per heavy atom. The van der Waals surface area contributed by atoms with Crippen LogP contribution in [-0.2, 0) is 12.5 Å². The molecule has 1 nitrogen and oxygen atoms in total. The van der Waals surface area contributed by atoms with E-state index in [0.29, 0.717) is 30.0 Å². The molecule has 43 heavy (non-hydrogen) atoms. The number of rotatable bonds is 9. The van der Waals surface area contributed by atoms with Crippen LogP contribution in [0.15, 0.2) is 72.8 Å². The maximum atomic E-state index is 15.2. The third-order valence-electron chi connectivity index (χ3n) is 8.52. The lowest BCUT2D eigenvalue weighted by Crippen LogP contribution is -2.25. The molecule has 1 fully saturated rings. The second kappa shape index (κ2) is 12.9. The fourth-order valence-corrected chi connectivity index (χ4v) is 6.15. The molecule has 0 aromatic heterocycles. The molecule has 0 heterocycles. The molecule has 0 saturated heterocycles. The average molecular weight is 597 g/mol. The lowest BCUT2D eigenvalue weighted by atomic mass is 9.77. The van der Waals surface area contributed by atoms with Crippen molar-refractivity contribution in [3.8, 4) is 28.0 Å². The predicted molar refractivity (Wildman–Crippen MR) is 157 cm³/mol. The van der Waals surface area contributed by atoms with Crippen molar-refractivity contribution in [3.63, 3.8) is 0 Å². The number of ether oxygens (including phenoxy) is 1. The highest BCUT2D eigenvalue weighted by atomic mass is 19.3. The second-order valence-corrected chi connectivity index (χ2v) is 11.4. The van der Waals surface area contributed by atoms with Crippen molar-refractivity contribution in [2.24, 2.45) is 5.92 Å². The van der Waals surface area contributed by atoms with Crippen molar-refractivity contribution < 1.29 is 31.1 Å². The quantitative estimate of drug-likeness (QED) is 0.175. The van der Waals surface area contributed by atoms with Gasteiger partial charge >= 0.3 is 6.11 Å². The van der Waals surface area contributed by atoms with E-state index < -0.39 is 40.7 Å². The third kappa shape index (κ3) is 6.76. The summed E-state index contributed by atoms with van der Waals surface area (Å²) >= 11 is 0. The number of aryl methyl sites for hydroxylation is 1. The largest absolute Gasteiger partial charge is 0.432 e. The standard InChI is InChI=1S/C36H34F6O/c1-3-5-22-6-8-24(9-7-22)25-10-12-26(13-11-25)27-15-17-30(32(38)18-27)28-19-33(39)35(34(40)20-28)36(41,42)43-29-16-14-23(4-2)31(37)21-29/h10-22,24H,3-9H2,1-2H3. The van der Waals surface area contributed by atoms with Crippen LogP contribution in [-0.4, -0.2) is 0 Å². The Bertz CT molecular complexity index is 1550. The first-order valence-electron chi connectivity index (χ1n) is 14.8. The van der Waals surface area contributed by atoms with Gasteiger partial charge in [-0.3, -0.25) is 0 Å². The van der Waals surface area contributed by atoms with Crippen LogP contribution in [0.3, 0.4) is 0 Å². The molecule has 0 atom stereocenters. The fraction of sp³-hybridized carbons (Fsp3) is 0.333. The topological polar surface area (TPSA) is 9.23 Å². The molecule has 0 amide bonds. The van der Waals surface area contributed by atoms with Crippen molar-refractivity contribution in [2.45, 2.75) is 70.8 Å². The van der Waals surface area contributed by atoms with Crippen molar-refractivity contribution in [2.75, 3.05) is 0 Å². The minimum atomic E-state index is -4.45. The zero-order valence-electron chi connectivity index (χ0n) is 24.2.